The number of halogens is 4. The normalized spacial score (nSPS) is 11.8. The number of hydrogen-bond acceptors (Lipinski definition) is 5. The third-order valence-electron chi connectivity index (χ3n) is 5.63. The minimum atomic E-state index is -4.70. The Balaban J connectivity index is 1.44. The van der Waals surface area contributed by atoms with E-state index in [0.717, 1.165) is 28.5 Å². The van der Waals surface area contributed by atoms with E-state index in [4.69, 9.17) is 0 Å². The Labute approximate surface area is 222 Å². The van der Waals surface area contributed by atoms with E-state index in [9.17, 15) is 18.0 Å². The summed E-state index contributed by atoms with van der Waals surface area (Å²) in [7, 11) is 0. The number of aromatic nitrogens is 5. The number of alkyl halides is 3. The number of rotatable bonds is 6. The molecule has 1 N–H and O–H groups in total. The number of fused-ring (bicyclic) bond motifs is 1. The van der Waals surface area contributed by atoms with E-state index in [0.29, 0.717) is 20.4 Å². The van der Waals surface area contributed by atoms with Crippen LogP contribution in [0.1, 0.15) is 39.1 Å². The van der Waals surface area contributed by atoms with Crippen LogP contribution in [0.4, 0.5) is 19.0 Å². The van der Waals surface area contributed by atoms with Crippen LogP contribution in [0.3, 0.4) is 0 Å². The van der Waals surface area contributed by atoms with Gasteiger partial charge in [-0.3, -0.25) is 9.48 Å². The molecule has 1 amide bonds. The van der Waals surface area contributed by atoms with Crippen LogP contribution in [0.25, 0.3) is 16.2 Å². The molecule has 0 spiro atoms. The smallest absolute Gasteiger partial charge is 0.303 e. The number of carbonyl (C=O) groups is 1. The zero-order chi connectivity index (χ0) is 26.3. The van der Waals surface area contributed by atoms with Crippen molar-refractivity contribution in [3.05, 3.63) is 86.6 Å². The predicted octanol–water partition coefficient (Wildman–Crippen LogP) is 6.61. The molecule has 4 heterocycles. The van der Waals surface area contributed by atoms with E-state index < -0.39 is 17.8 Å². The van der Waals surface area contributed by atoms with Crippen molar-refractivity contribution in [3.63, 3.8) is 0 Å². The molecule has 0 unspecified atom stereocenters. The molecule has 5 aromatic rings. The van der Waals surface area contributed by atoms with Crippen molar-refractivity contribution >= 4 is 44.6 Å². The van der Waals surface area contributed by atoms with Gasteiger partial charge in [0.05, 0.1) is 21.6 Å². The molecule has 0 saturated heterocycles. The first-order valence-electron chi connectivity index (χ1n) is 11.3. The predicted molar refractivity (Wildman–Crippen MR) is 139 cm³/mol. The van der Waals surface area contributed by atoms with Crippen molar-refractivity contribution in [2.24, 2.45) is 0 Å². The molecule has 7 nitrogen and oxygen atoms in total. The molecule has 1 aromatic carbocycles. The molecule has 190 valence electrons. The van der Waals surface area contributed by atoms with Crippen LogP contribution in [0.2, 0.25) is 0 Å². The summed E-state index contributed by atoms with van der Waals surface area (Å²) in [5.41, 5.74) is 1.04. The Morgan fingerprint density at radius 3 is 2.54 bits per heavy atom. The Bertz CT molecular complexity index is 1600. The first kappa shape index (κ1) is 25.2. The molecule has 0 saturated carbocycles. The van der Waals surface area contributed by atoms with E-state index in [-0.39, 0.29) is 22.9 Å². The Kier molecular flexibility index (Phi) is 6.63. The van der Waals surface area contributed by atoms with E-state index in [2.05, 4.69) is 36.4 Å². The summed E-state index contributed by atoms with van der Waals surface area (Å²) in [6.07, 6.45) is -2.22. The summed E-state index contributed by atoms with van der Waals surface area (Å²) in [5, 5.41) is 10.9. The lowest BCUT2D eigenvalue weighted by Gasteiger charge is -2.10. The SMILES string of the molecule is CCc1ccc(-c2cc(C(F)(F)F)n3nc(C(=O)Nc4nn(Cc5ccc(C)cc5)cc4Br)cc3n2)s1. The fourth-order valence-electron chi connectivity index (χ4n) is 3.73. The highest BCUT2D eigenvalue weighted by molar-refractivity contribution is 9.10. The Hall–Kier alpha value is -3.51. The van der Waals surface area contributed by atoms with Gasteiger partial charge in [-0.25, -0.2) is 9.50 Å². The van der Waals surface area contributed by atoms with Gasteiger partial charge in [0.2, 0.25) is 0 Å². The molecular formula is C25H20BrF3N6OS. The highest BCUT2D eigenvalue weighted by atomic mass is 79.9. The fourth-order valence-corrected chi connectivity index (χ4v) is 5.06. The second-order valence-corrected chi connectivity index (χ2v) is 10.4. The summed E-state index contributed by atoms with van der Waals surface area (Å²) in [6, 6.07) is 13.8. The Morgan fingerprint density at radius 1 is 1.11 bits per heavy atom. The molecular weight excluding hydrogens is 569 g/mol. The van der Waals surface area contributed by atoms with Crippen molar-refractivity contribution in [3.8, 4) is 10.6 Å². The third-order valence-corrected chi connectivity index (χ3v) is 7.46. The standard InChI is InChI=1S/C25H20BrF3N6OS/c1-3-16-8-9-20(37-16)18-10-21(25(27,28)29)35-22(30-18)11-19(32-35)24(36)31-23-17(26)13-34(33-23)12-15-6-4-14(2)5-7-15/h4-11,13H,3,12H2,1-2H3,(H,31,33,36). The molecule has 0 fully saturated rings. The quantitative estimate of drug-likeness (QED) is 0.242. The monoisotopic (exact) mass is 588 g/mol. The highest BCUT2D eigenvalue weighted by Crippen LogP contribution is 2.34. The second kappa shape index (κ2) is 9.75. The zero-order valence-electron chi connectivity index (χ0n) is 19.7. The van der Waals surface area contributed by atoms with Crippen molar-refractivity contribution in [1.29, 1.82) is 0 Å². The maximum atomic E-state index is 13.9. The van der Waals surface area contributed by atoms with Gasteiger partial charge in [-0.2, -0.15) is 23.4 Å². The largest absolute Gasteiger partial charge is 0.433 e. The minimum absolute atomic E-state index is 0.0783. The fraction of sp³-hybridized carbons (Fsp3) is 0.200. The topological polar surface area (TPSA) is 77.1 Å². The number of benzene rings is 1. The van der Waals surface area contributed by atoms with Crippen LogP contribution in [0.15, 0.2) is 59.2 Å². The van der Waals surface area contributed by atoms with Gasteiger partial charge in [-0.15, -0.1) is 11.3 Å². The highest BCUT2D eigenvalue weighted by Gasteiger charge is 2.36. The number of anilines is 1. The third kappa shape index (κ3) is 5.30. The van der Waals surface area contributed by atoms with Gasteiger partial charge in [0.15, 0.2) is 22.9 Å². The van der Waals surface area contributed by atoms with Gasteiger partial charge in [0, 0.05) is 17.1 Å². The zero-order valence-corrected chi connectivity index (χ0v) is 22.1. The number of nitrogens with zero attached hydrogens (tertiary/aromatic N) is 5. The van der Waals surface area contributed by atoms with Crippen LogP contribution in [-0.4, -0.2) is 30.3 Å². The molecule has 0 radical (unpaired) electrons. The lowest BCUT2D eigenvalue weighted by Crippen LogP contribution is -2.16. The number of nitrogens with one attached hydrogen (secondary N) is 1. The van der Waals surface area contributed by atoms with Crippen LogP contribution in [-0.2, 0) is 19.1 Å². The van der Waals surface area contributed by atoms with Gasteiger partial charge < -0.3 is 5.32 Å². The molecule has 37 heavy (non-hydrogen) atoms. The number of amides is 1. The van der Waals surface area contributed by atoms with Crippen molar-refractivity contribution < 1.29 is 18.0 Å². The number of aryl methyl sites for hydroxylation is 2. The second-order valence-electron chi connectivity index (χ2n) is 8.41. The van der Waals surface area contributed by atoms with Crippen LogP contribution in [0.5, 0.6) is 0 Å². The minimum Gasteiger partial charge on any atom is -0.303 e. The maximum Gasteiger partial charge on any atom is 0.433 e. The van der Waals surface area contributed by atoms with Crippen LogP contribution < -0.4 is 5.32 Å². The lowest BCUT2D eigenvalue weighted by molar-refractivity contribution is -0.142. The van der Waals surface area contributed by atoms with Crippen molar-refractivity contribution in [2.75, 3.05) is 5.32 Å². The molecule has 0 aliphatic rings. The van der Waals surface area contributed by atoms with Gasteiger partial charge in [0.25, 0.3) is 5.91 Å². The molecule has 12 heteroatoms. The molecule has 0 aliphatic carbocycles. The van der Waals surface area contributed by atoms with E-state index >= 15 is 0 Å². The molecule has 5 rings (SSSR count). The lowest BCUT2D eigenvalue weighted by atomic mass is 10.1. The summed E-state index contributed by atoms with van der Waals surface area (Å²) >= 11 is 4.75. The van der Waals surface area contributed by atoms with E-state index in [1.165, 1.54) is 17.4 Å². The van der Waals surface area contributed by atoms with Gasteiger partial charge in [-0.1, -0.05) is 36.8 Å². The number of carbonyl (C=O) groups excluding carboxylic acids is 1. The molecule has 0 atom stereocenters. The Morgan fingerprint density at radius 2 is 1.86 bits per heavy atom. The van der Waals surface area contributed by atoms with Gasteiger partial charge in [-0.05, 0) is 53.0 Å². The molecule has 0 bridgehead atoms. The first-order chi connectivity index (χ1) is 17.6. The number of hydrogen-bond donors (Lipinski definition) is 1. The average Bonchev–Trinajstić information content (AvgIpc) is 3.58. The van der Waals surface area contributed by atoms with Gasteiger partial charge in [0.1, 0.15) is 0 Å². The molecule has 0 aliphatic heterocycles. The van der Waals surface area contributed by atoms with E-state index in [1.807, 2.05) is 44.2 Å². The van der Waals surface area contributed by atoms with Crippen molar-refractivity contribution in [2.45, 2.75) is 33.0 Å². The number of thiophene rings is 1. The summed E-state index contributed by atoms with van der Waals surface area (Å²) < 4.78 is 44.5. The van der Waals surface area contributed by atoms with Crippen LogP contribution in [0, 0.1) is 6.92 Å². The maximum absolute atomic E-state index is 13.9. The molecule has 4 aromatic heterocycles. The average molecular weight is 589 g/mol. The van der Waals surface area contributed by atoms with E-state index in [1.54, 1.807) is 16.9 Å². The van der Waals surface area contributed by atoms with Gasteiger partial charge >= 0.3 is 6.18 Å². The first-order valence-corrected chi connectivity index (χ1v) is 12.9. The van der Waals surface area contributed by atoms with Crippen molar-refractivity contribution in [1.82, 2.24) is 24.4 Å². The summed E-state index contributed by atoms with van der Waals surface area (Å²) in [6.45, 7) is 4.45. The summed E-state index contributed by atoms with van der Waals surface area (Å²) in [5.74, 6) is -0.476. The summed E-state index contributed by atoms with van der Waals surface area (Å²) in [4.78, 5) is 18.9. The van der Waals surface area contributed by atoms with Crippen LogP contribution >= 0.6 is 27.3 Å².